The summed E-state index contributed by atoms with van der Waals surface area (Å²) >= 11 is 0. The maximum absolute atomic E-state index is 13.9. The van der Waals surface area contributed by atoms with E-state index in [1.165, 1.54) is 4.90 Å². The van der Waals surface area contributed by atoms with Gasteiger partial charge in [-0.15, -0.1) is 5.06 Å². The SMILES string of the molecule is C[C@H](C(=O)N1C(=O)O[C@H](c2ccccc2)[C@@H]1c1ccccc1)[C@@H]1CCCN1OC(=O)c1ccccc1. The largest absolute Gasteiger partial charge is 0.438 e. The molecule has 0 aromatic heterocycles. The van der Waals surface area contributed by atoms with Crippen LogP contribution in [0.3, 0.4) is 0 Å². The van der Waals surface area contributed by atoms with Crippen LogP contribution in [-0.4, -0.2) is 40.5 Å². The lowest BCUT2D eigenvalue weighted by Gasteiger charge is -2.31. The molecule has 2 fully saturated rings. The first-order valence-corrected chi connectivity index (χ1v) is 12.2. The molecule has 4 atom stereocenters. The predicted octanol–water partition coefficient (Wildman–Crippen LogP) is 5.32. The van der Waals surface area contributed by atoms with Crippen LogP contribution in [0, 0.1) is 5.92 Å². The van der Waals surface area contributed by atoms with E-state index >= 15 is 0 Å². The third kappa shape index (κ3) is 4.62. The van der Waals surface area contributed by atoms with Crippen LogP contribution in [0.1, 0.15) is 53.4 Å². The van der Waals surface area contributed by atoms with Gasteiger partial charge in [-0.3, -0.25) is 4.79 Å². The van der Waals surface area contributed by atoms with Crippen molar-refractivity contribution in [3.05, 3.63) is 108 Å². The maximum Gasteiger partial charge on any atom is 0.417 e. The predicted molar refractivity (Wildman–Crippen MR) is 132 cm³/mol. The second-order valence-electron chi connectivity index (χ2n) is 9.16. The highest BCUT2D eigenvalue weighted by molar-refractivity contribution is 5.95. The quantitative estimate of drug-likeness (QED) is 0.471. The van der Waals surface area contributed by atoms with Crippen LogP contribution in [-0.2, 0) is 14.4 Å². The number of imide groups is 1. The summed E-state index contributed by atoms with van der Waals surface area (Å²) in [4.78, 5) is 46.6. The molecular weight excluding hydrogens is 456 g/mol. The summed E-state index contributed by atoms with van der Waals surface area (Å²) in [6.45, 7) is 2.31. The fraction of sp³-hybridized carbons (Fsp3) is 0.276. The van der Waals surface area contributed by atoms with Crippen molar-refractivity contribution in [2.75, 3.05) is 6.54 Å². The van der Waals surface area contributed by atoms with Crippen molar-refractivity contribution >= 4 is 18.0 Å². The zero-order valence-electron chi connectivity index (χ0n) is 20.0. The maximum atomic E-state index is 13.9. The van der Waals surface area contributed by atoms with Crippen molar-refractivity contribution in [3.63, 3.8) is 0 Å². The van der Waals surface area contributed by atoms with Crippen LogP contribution in [0.2, 0.25) is 0 Å². The Morgan fingerprint density at radius 3 is 2.11 bits per heavy atom. The van der Waals surface area contributed by atoms with Crippen molar-refractivity contribution in [1.82, 2.24) is 9.96 Å². The van der Waals surface area contributed by atoms with Crippen molar-refractivity contribution < 1.29 is 24.0 Å². The van der Waals surface area contributed by atoms with Gasteiger partial charge in [-0.05, 0) is 36.1 Å². The Kier molecular flexibility index (Phi) is 6.82. The molecule has 5 rings (SSSR count). The first kappa shape index (κ1) is 23.8. The molecule has 2 aliphatic rings. The van der Waals surface area contributed by atoms with Crippen LogP contribution < -0.4 is 0 Å². The van der Waals surface area contributed by atoms with E-state index in [0.29, 0.717) is 18.5 Å². The number of nitrogens with zero attached hydrogens (tertiary/aromatic N) is 2. The van der Waals surface area contributed by atoms with Crippen molar-refractivity contribution in [3.8, 4) is 0 Å². The molecule has 0 N–H and O–H groups in total. The number of ether oxygens (including phenoxy) is 1. The summed E-state index contributed by atoms with van der Waals surface area (Å²) < 4.78 is 5.78. The van der Waals surface area contributed by atoms with Crippen LogP contribution in [0.5, 0.6) is 0 Å². The number of benzene rings is 3. The number of carbonyl (C=O) groups is 3. The molecule has 184 valence electrons. The molecule has 36 heavy (non-hydrogen) atoms. The van der Waals surface area contributed by atoms with Gasteiger partial charge in [0.15, 0.2) is 6.10 Å². The van der Waals surface area contributed by atoms with E-state index < -0.39 is 30.1 Å². The van der Waals surface area contributed by atoms with Crippen LogP contribution >= 0.6 is 0 Å². The van der Waals surface area contributed by atoms with E-state index in [1.54, 1.807) is 36.3 Å². The Morgan fingerprint density at radius 2 is 1.47 bits per heavy atom. The van der Waals surface area contributed by atoms with E-state index in [4.69, 9.17) is 9.57 Å². The third-order valence-electron chi connectivity index (χ3n) is 6.92. The summed E-state index contributed by atoms with van der Waals surface area (Å²) in [5, 5.41) is 1.59. The molecule has 0 aliphatic carbocycles. The Balaban J connectivity index is 1.39. The summed E-state index contributed by atoms with van der Waals surface area (Å²) in [6.07, 6.45) is 0.174. The molecule has 2 heterocycles. The van der Waals surface area contributed by atoms with Gasteiger partial charge < -0.3 is 9.57 Å². The van der Waals surface area contributed by atoms with Gasteiger partial charge in [0.25, 0.3) is 0 Å². The molecule has 7 heteroatoms. The molecule has 2 amide bonds. The lowest BCUT2D eigenvalue weighted by atomic mass is 9.93. The Bertz CT molecular complexity index is 1220. The van der Waals surface area contributed by atoms with E-state index in [1.807, 2.05) is 66.7 Å². The molecule has 0 saturated carbocycles. The minimum absolute atomic E-state index is 0.342. The first-order valence-electron chi connectivity index (χ1n) is 12.2. The van der Waals surface area contributed by atoms with Gasteiger partial charge in [0.1, 0.15) is 6.04 Å². The van der Waals surface area contributed by atoms with E-state index in [-0.39, 0.29) is 11.9 Å². The Morgan fingerprint density at radius 1 is 0.889 bits per heavy atom. The van der Waals surface area contributed by atoms with Crippen molar-refractivity contribution in [1.29, 1.82) is 0 Å². The second kappa shape index (κ2) is 10.3. The van der Waals surface area contributed by atoms with Crippen molar-refractivity contribution in [2.45, 2.75) is 38.0 Å². The lowest BCUT2D eigenvalue weighted by molar-refractivity contribution is -0.151. The summed E-state index contributed by atoms with van der Waals surface area (Å²) in [6, 6.07) is 26.7. The zero-order chi connectivity index (χ0) is 25.1. The second-order valence-corrected chi connectivity index (χ2v) is 9.16. The fourth-order valence-corrected chi connectivity index (χ4v) is 5.07. The Hall–Kier alpha value is -3.97. The van der Waals surface area contributed by atoms with Crippen molar-refractivity contribution in [2.24, 2.45) is 5.92 Å². The highest BCUT2D eigenvalue weighted by atomic mass is 16.7. The van der Waals surface area contributed by atoms with Gasteiger partial charge in [0.2, 0.25) is 5.91 Å². The molecule has 2 saturated heterocycles. The number of rotatable bonds is 6. The lowest BCUT2D eigenvalue weighted by Crippen LogP contribution is -2.46. The summed E-state index contributed by atoms with van der Waals surface area (Å²) in [5.41, 5.74) is 2.08. The van der Waals surface area contributed by atoms with Gasteiger partial charge in [0, 0.05) is 6.54 Å². The monoisotopic (exact) mass is 484 g/mol. The van der Waals surface area contributed by atoms with Crippen LogP contribution in [0.4, 0.5) is 4.79 Å². The molecule has 0 bridgehead atoms. The van der Waals surface area contributed by atoms with Crippen LogP contribution in [0.15, 0.2) is 91.0 Å². The molecule has 0 spiro atoms. The number of carbonyl (C=O) groups excluding carboxylic acids is 3. The minimum atomic E-state index is -0.666. The fourth-order valence-electron chi connectivity index (χ4n) is 5.07. The highest BCUT2D eigenvalue weighted by Crippen LogP contribution is 2.44. The third-order valence-corrected chi connectivity index (χ3v) is 6.92. The standard InChI is InChI=1S/C29H28N2O5/c1-20(24-18-11-19-30(24)36-28(33)23-16-9-4-10-17-23)27(32)31-25(21-12-5-2-6-13-21)26(35-29(31)34)22-14-7-3-8-15-22/h2-10,12-17,20,24-26H,11,18-19H2,1H3/t20-,24-,25-,26+/m0/s1. The van der Waals surface area contributed by atoms with E-state index in [9.17, 15) is 14.4 Å². The molecule has 3 aromatic rings. The Labute approximate surface area is 210 Å². The normalized spacial score (nSPS) is 22.8. The first-order chi connectivity index (χ1) is 17.5. The van der Waals surface area contributed by atoms with Gasteiger partial charge in [-0.25, -0.2) is 14.5 Å². The van der Waals surface area contributed by atoms with E-state index in [0.717, 1.165) is 17.5 Å². The molecule has 0 radical (unpaired) electrons. The minimum Gasteiger partial charge on any atom is -0.438 e. The average Bonchev–Trinajstić information content (AvgIpc) is 3.53. The van der Waals surface area contributed by atoms with Crippen LogP contribution in [0.25, 0.3) is 0 Å². The number of hydrogen-bond donors (Lipinski definition) is 0. The topological polar surface area (TPSA) is 76.2 Å². The van der Waals surface area contributed by atoms with Gasteiger partial charge in [-0.1, -0.05) is 85.8 Å². The molecule has 3 aromatic carbocycles. The molecule has 2 aliphatic heterocycles. The smallest absolute Gasteiger partial charge is 0.417 e. The zero-order valence-corrected chi connectivity index (χ0v) is 20.0. The van der Waals surface area contributed by atoms with E-state index in [2.05, 4.69) is 0 Å². The number of hydroxylamine groups is 2. The number of hydrogen-bond acceptors (Lipinski definition) is 6. The van der Waals surface area contributed by atoms with Gasteiger partial charge in [0.05, 0.1) is 17.5 Å². The van der Waals surface area contributed by atoms with Gasteiger partial charge >= 0.3 is 12.1 Å². The van der Waals surface area contributed by atoms with Gasteiger partial charge in [-0.2, -0.15) is 0 Å². The number of amides is 2. The summed E-state index contributed by atoms with van der Waals surface area (Å²) in [7, 11) is 0. The highest BCUT2D eigenvalue weighted by Gasteiger charge is 2.49. The average molecular weight is 485 g/mol. The molecule has 7 nitrogen and oxygen atoms in total. The summed E-state index contributed by atoms with van der Waals surface area (Å²) in [5.74, 6) is -1.40. The molecular formula is C29H28N2O5. The number of cyclic esters (lactones) is 1. The molecule has 0 unspecified atom stereocenters.